The molecule has 0 radical (unpaired) electrons. The number of hydrogen-bond acceptors (Lipinski definition) is 7. The summed E-state index contributed by atoms with van der Waals surface area (Å²) < 4.78 is 37.9. The van der Waals surface area contributed by atoms with Crippen LogP contribution in [0.2, 0.25) is 0 Å². The standard InChI is InChI=1S/C22H23F2N5O3S/c1-33-16-8-12(15-10-31-6-7-32-15)4-5-13(16)25-14-9-17(27-22(30)11-2-3-11)26-20-18(14)28-21(29-20)19(23)24/h4-5,8-9,11,15,19H,2-3,6-7,10H2,1H3,(H3,25,26,27,28,29,30). The molecule has 0 spiro atoms. The maximum absolute atomic E-state index is 13.3. The average molecular weight is 476 g/mol. The van der Waals surface area contributed by atoms with Gasteiger partial charge in [-0.05, 0) is 36.8 Å². The number of amides is 1. The van der Waals surface area contributed by atoms with Crippen molar-refractivity contribution in [3.63, 3.8) is 0 Å². The van der Waals surface area contributed by atoms with Crippen molar-refractivity contribution >= 4 is 46.0 Å². The minimum absolute atomic E-state index is 0.0173. The Labute approximate surface area is 192 Å². The summed E-state index contributed by atoms with van der Waals surface area (Å²) in [4.78, 5) is 24.0. The van der Waals surface area contributed by atoms with E-state index in [1.54, 1.807) is 17.8 Å². The van der Waals surface area contributed by atoms with Gasteiger partial charge in [-0.15, -0.1) is 11.8 Å². The number of alkyl halides is 2. The van der Waals surface area contributed by atoms with Gasteiger partial charge in [0.1, 0.15) is 17.4 Å². The minimum Gasteiger partial charge on any atom is -0.376 e. The third-order valence-electron chi connectivity index (χ3n) is 5.57. The average Bonchev–Trinajstić information content (AvgIpc) is 3.59. The van der Waals surface area contributed by atoms with Gasteiger partial charge >= 0.3 is 0 Å². The van der Waals surface area contributed by atoms with Gasteiger partial charge in [0.25, 0.3) is 6.43 Å². The second-order valence-electron chi connectivity index (χ2n) is 7.96. The van der Waals surface area contributed by atoms with Crippen molar-refractivity contribution in [3.8, 4) is 0 Å². The van der Waals surface area contributed by atoms with Gasteiger partial charge in [0, 0.05) is 16.9 Å². The van der Waals surface area contributed by atoms with Crippen LogP contribution in [-0.2, 0) is 14.3 Å². The van der Waals surface area contributed by atoms with Crippen LogP contribution in [0.4, 0.5) is 26.0 Å². The lowest BCUT2D eigenvalue weighted by atomic mass is 10.1. The summed E-state index contributed by atoms with van der Waals surface area (Å²) in [6, 6.07) is 7.52. The second kappa shape index (κ2) is 9.24. The fraction of sp³-hybridized carbons (Fsp3) is 0.409. The number of hydrogen-bond donors (Lipinski definition) is 3. The smallest absolute Gasteiger partial charge is 0.295 e. The van der Waals surface area contributed by atoms with Crippen molar-refractivity contribution in [2.45, 2.75) is 30.3 Å². The van der Waals surface area contributed by atoms with Crippen LogP contribution >= 0.6 is 11.8 Å². The molecule has 33 heavy (non-hydrogen) atoms. The molecule has 3 heterocycles. The number of halogens is 2. The molecule has 0 bridgehead atoms. The number of aromatic amines is 1. The summed E-state index contributed by atoms with van der Waals surface area (Å²) in [5, 5.41) is 6.08. The van der Waals surface area contributed by atoms with Crippen LogP contribution in [0.25, 0.3) is 11.2 Å². The van der Waals surface area contributed by atoms with E-state index in [4.69, 9.17) is 9.47 Å². The Hall–Kier alpha value is -2.76. The number of aromatic nitrogens is 3. The van der Waals surface area contributed by atoms with E-state index in [-0.39, 0.29) is 29.4 Å². The molecule has 8 nitrogen and oxygen atoms in total. The number of anilines is 3. The molecule has 11 heteroatoms. The summed E-state index contributed by atoms with van der Waals surface area (Å²) in [6.45, 7) is 1.64. The molecule has 1 atom stereocenters. The predicted octanol–water partition coefficient (Wildman–Crippen LogP) is 4.80. The van der Waals surface area contributed by atoms with Gasteiger partial charge in [-0.1, -0.05) is 6.07 Å². The zero-order valence-electron chi connectivity index (χ0n) is 17.9. The molecule has 5 rings (SSSR count). The van der Waals surface area contributed by atoms with E-state index in [9.17, 15) is 13.6 Å². The lowest BCUT2D eigenvalue weighted by Crippen LogP contribution is -2.21. The summed E-state index contributed by atoms with van der Waals surface area (Å²) in [6.07, 6.45) is 0.746. The number of thioether (sulfide) groups is 1. The van der Waals surface area contributed by atoms with Crippen molar-refractivity contribution in [3.05, 3.63) is 35.7 Å². The van der Waals surface area contributed by atoms with Crippen LogP contribution < -0.4 is 10.6 Å². The van der Waals surface area contributed by atoms with Crippen LogP contribution in [0, 0.1) is 5.92 Å². The van der Waals surface area contributed by atoms with Gasteiger partial charge in [0.15, 0.2) is 11.5 Å². The molecule has 1 aliphatic heterocycles. The highest BCUT2D eigenvalue weighted by Gasteiger charge is 2.30. The van der Waals surface area contributed by atoms with Gasteiger partial charge in [0.05, 0.1) is 31.2 Å². The summed E-state index contributed by atoms with van der Waals surface area (Å²) in [5.41, 5.74) is 2.73. The van der Waals surface area contributed by atoms with E-state index < -0.39 is 12.2 Å². The molecule has 1 amide bonds. The maximum Gasteiger partial charge on any atom is 0.295 e. The summed E-state index contributed by atoms with van der Waals surface area (Å²) in [7, 11) is 0. The molecule has 1 aromatic carbocycles. The number of carbonyl (C=O) groups excluding carboxylic acids is 1. The van der Waals surface area contributed by atoms with E-state index in [0.717, 1.165) is 29.0 Å². The van der Waals surface area contributed by atoms with Crippen molar-refractivity contribution < 1.29 is 23.0 Å². The third-order valence-corrected chi connectivity index (χ3v) is 6.35. The number of imidazole rings is 1. The number of carbonyl (C=O) groups is 1. The quantitative estimate of drug-likeness (QED) is 0.422. The number of rotatable bonds is 7. The minimum atomic E-state index is -2.77. The fourth-order valence-corrected chi connectivity index (χ4v) is 4.28. The number of fused-ring (bicyclic) bond motifs is 1. The maximum atomic E-state index is 13.3. The van der Waals surface area contributed by atoms with Gasteiger partial charge in [-0.2, -0.15) is 0 Å². The monoisotopic (exact) mass is 475 g/mol. The molecule has 2 aromatic heterocycles. The lowest BCUT2D eigenvalue weighted by molar-refractivity contribution is -0.117. The number of nitrogens with one attached hydrogen (secondary N) is 3. The van der Waals surface area contributed by atoms with E-state index >= 15 is 0 Å². The van der Waals surface area contributed by atoms with Gasteiger partial charge < -0.3 is 25.1 Å². The SMILES string of the molecule is CSc1cc(C2COCCO2)ccc1Nc1cc(NC(=O)C2CC2)nc2nc(C(F)F)[nH]c12. The number of nitrogens with zero attached hydrogens (tertiary/aromatic N) is 2. The molecular weight excluding hydrogens is 452 g/mol. The highest BCUT2D eigenvalue weighted by Crippen LogP contribution is 2.36. The van der Waals surface area contributed by atoms with Crippen molar-refractivity contribution in [2.75, 3.05) is 36.7 Å². The molecular formula is C22H23F2N5O3S. The first-order chi connectivity index (χ1) is 16.0. The number of pyridine rings is 1. The molecule has 3 aromatic rings. The first kappa shape index (κ1) is 22.1. The zero-order valence-corrected chi connectivity index (χ0v) is 18.7. The van der Waals surface area contributed by atoms with Crippen LogP contribution in [0.5, 0.6) is 0 Å². The Morgan fingerprint density at radius 1 is 1.21 bits per heavy atom. The Balaban J connectivity index is 1.49. The molecule has 1 unspecified atom stereocenters. The van der Waals surface area contributed by atoms with E-state index in [1.165, 1.54) is 0 Å². The molecule has 2 fully saturated rings. The van der Waals surface area contributed by atoms with Crippen LogP contribution in [0.3, 0.4) is 0 Å². The van der Waals surface area contributed by atoms with Crippen molar-refractivity contribution in [2.24, 2.45) is 5.92 Å². The fourth-order valence-electron chi connectivity index (χ4n) is 3.68. The van der Waals surface area contributed by atoms with Gasteiger partial charge in [0.2, 0.25) is 5.91 Å². The Kier molecular flexibility index (Phi) is 6.17. The van der Waals surface area contributed by atoms with Gasteiger partial charge in [-0.25, -0.2) is 18.7 Å². The van der Waals surface area contributed by atoms with Gasteiger partial charge in [-0.3, -0.25) is 4.79 Å². The lowest BCUT2D eigenvalue weighted by Gasteiger charge is -2.24. The first-order valence-electron chi connectivity index (χ1n) is 10.7. The molecule has 174 valence electrons. The molecule has 1 saturated carbocycles. The van der Waals surface area contributed by atoms with Crippen LogP contribution in [0.1, 0.15) is 36.8 Å². The molecule has 1 aliphatic carbocycles. The molecule has 2 aliphatic rings. The molecule has 1 saturated heterocycles. The predicted molar refractivity (Wildman–Crippen MR) is 121 cm³/mol. The van der Waals surface area contributed by atoms with E-state index in [1.807, 2.05) is 24.5 Å². The van der Waals surface area contributed by atoms with Crippen LogP contribution in [0.15, 0.2) is 29.2 Å². The van der Waals surface area contributed by atoms with E-state index in [0.29, 0.717) is 31.0 Å². The number of H-pyrrole nitrogens is 1. The number of ether oxygens (including phenoxy) is 2. The molecule has 3 N–H and O–H groups in total. The van der Waals surface area contributed by atoms with Crippen LogP contribution in [-0.4, -0.2) is 46.9 Å². The third kappa shape index (κ3) is 4.80. The largest absolute Gasteiger partial charge is 0.376 e. The summed E-state index contributed by atoms with van der Waals surface area (Å²) >= 11 is 1.55. The normalized spacial score (nSPS) is 18.6. The van der Waals surface area contributed by atoms with Crippen molar-refractivity contribution in [1.29, 1.82) is 0 Å². The zero-order chi connectivity index (χ0) is 22.9. The van der Waals surface area contributed by atoms with E-state index in [2.05, 4.69) is 25.6 Å². The van der Waals surface area contributed by atoms with Crippen molar-refractivity contribution in [1.82, 2.24) is 15.0 Å². The Morgan fingerprint density at radius 2 is 2.06 bits per heavy atom. The topological polar surface area (TPSA) is 101 Å². The highest BCUT2D eigenvalue weighted by molar-refractivity contribution is 7.98. The highest BCUT2D eigenvalue weighted by atomic mass is 32.2. The summed E-state index contributed by atoms with van der Waals surface area (Å²) in [5.74, 6) is -0.344. The number of benzene rings is 1. The second-order valence-corrected chi connectivity index (χ2v) is 8.81. The first-order valence-corrected chi connectivity index (χ1v) is 11.9. The Bertz CT molecular complexity index is 1180. The Morgan fingerprint density at radius 3 is 2.76 bits per heavy atom.